The number of benzene rings is 1. The van der Waals surface area contributed by atoms with Gasteiger partial charge in [0.2, 0.25) is 5.75 Å². The second kappa shape index (κ2) is 8.38. The third kappa shape index (κ3) is 5.09. The van der Waals surface area contributed by atoms with E-state index in [0.717, 1.165) is 11.0 Å². The van der Waals surface area contributed by atoms with Crippen molar-refractivity contribution in [2.75, 3.05) is 13.7 Å². The largest absolute Gasteiger partial charge is 0.493 e. The predicted octanol–water partition coefficient (Wildman–Crippen LogP) is 3.04. The molecule has 0 saturated carbocycles. The number of ether oxygens (including phenoxy) is 2. The van der Waals surface area contributed by atoms with Crippen molar-refractivity contribution in [3.8, 4) is 11.5 Å². The summed E-state index contributed by atoms with van der Waals surface area (Å²) in [6.45, 7) is 7.45. The molecule has 0 unspecified atom stereocenters. The molecule has 1 atom stereocenters. The van der Waals surface area contributed by atoms with Crippen LogP contribution in [0.3, 0.4) is 0 Å². The third-order valence-electron chi connectivity index (χ3n) is 4.22. The number of methoxy groups -OCH3 is 1. The summed E-state index contributed by atoms with van der Waals surface area (Å²) in [5.41, 5.74) is -0.348. The van der Waals surface area contributed by atoms with Crippen molar-refractivity contribution < 1.29 is 24.1 Å². The van der Waals surface area contributed by atoms with Gasteiger partial charge in [0.15, 0.2) is 11.3 Å². The van der Waals surface area contributed by atoms with E-state index in [1.165, 1.54) is 13.2 Å². The van der Waals surface area contributed by atoms with Crippen LogP contribution >= 0.6 is 0 Å². The first kappa shape index (κ1) is 20.0. The Balaban J connectivity index is 2.00. The molecule has 2 N–H and O–H groups in total. The molecule has 1 aromatic heterocycles. The molecule has 142 valence electrons. The van der Waals surface area contributed by atoms with Gasteiger partial charge in [-0.1, -0.05) is 12.2 Å². The van der Waals surface area contributed by atoms with Gasteiger partial charge in [0, 0.05) is 17.9 Å². The SMILES string of the molecule is C=C(CCOc1c(OC)ccc2ccc(=O)oc12)CC[C@H](O)C(C)(C)O. The molecule has 1 heterocycles. The first-order valence-electron chi connectivity index (χ1n) is 8.53. The topological polar surface area (TPSA) is 89.1 Å². The Labute approximate surface area is 152 Å². The zero-order valence-electron chi connectivity index (χ0n) is 15.4. The Kier molecular flexibility index (Phi) is 6.45. The van der Waals surface area contributed by atoms with Gasteiger partial charge >= 0.3 is 5.63 Å². The number of aliphatic hydroxyl groups is 2. The van der Waals surface area contributed by atoms with Gasteiger partial charge in [-0.15, -0.1) is 0 Å². The summed E-state index contributed by atoms with van der Waals surface area (Å²) >= 11 is 0. The molecular formula is C20H26O6. The predicted molar refractivity (Wildman–Crippen MR) is 99.8 cm³/mol. The molecule has 26 heavy (non-hydrogen) atoms. The molecule has 0 aliphatic heterocycles. The van der Waals surface area contributed by atoms with E-state index < -0.39 is 17.3 Å². The second-order valence-corrected chi connectivity index (χ2v) is 6.83. The highest BCUT2D eigenvalue weighted by Crippen LogP contribution is 2.35. The van der Waals surface area contributed by atoms with E-state index >= 15 is 0 Å². The molecule has 0 amide bonds. The van der Waals surface area contributed by atoms with Gasteiger partial charge in [-0.3, -0.25) is 0 Å². The summed E-state index contributed by atoms with van der Waals surface area (Å²) in [6, 6.07) is 6.58. The summed E-state index contributed by atoms with van der Waals surface area (Å²) in [4.78, 5) is 11.5. The zero-order valence-corrected chi connectivity index (χ0v) is 15.4. The summed E-state index contributed by atoms with van der Waals surface area (Å²) in [5, 5.41) is 20.4. The Morgan fingerprint density at radius 2 is 1.96 bits per heavy atom. The van der Waals surface area contributed by atoms with Crippen LogP contribution in [-0.2, 0) is 0 Å². The summed E-state index contributed by atoms with van der Waals surface area (Å²) in [5.74, 6) is 0.863. The highest BCUT2D eigenvalue weighted by Gasteiger charge is 2.23. The van der Waals surface area contributed by atoms with Crippen LogP contribution in [-0.4, -0.2) is 35.6 Å². The van der Waals surface area contributed by atoms with Crippen LogP contribution in [0.4, 0.5) is 0 Å². The maximum Gasteiger partial charge on any atom is 0.336 e. The van der Waals surface area contributed by atoms with Gasteiger partial charge in [0.1, 0.15) is 0 Å². The fourth-order valence-electron chi connectivity index (χ4n) is 2.50. The fraction of sp³-hybridized carbons (Fsp3) is 0.450. The maximum absolute atomic E-state index is 11.5. The molecule has 0 bridgehead atoms. The minimum Gasteiger partial charge on any atom is -0.493 e. The monoisotopic (exact) mass is 362 g/mol. The molecule has 2 rings (SSSR count). The van der Waals surface area contributed by atoms with Gasteiger partial charge in [-0.05, 0) is 44.9 Å². The van der Waals surface area contributed by atoms with Crippen LogP contribution in [0.5, 0.6) is 11.5 Å². The summed E-state index contributed by atoms with van der Waals surface area (Å²) in [6.07, 6.45) is 0.757. The molecule has 0 aliphatic carbocycles. The Hall–Kier alpha value is -2.31. The van der Waals surface area contributed by atoms with E-state index in [4.69, 9.17) is 13.9 Å². The maximum atomic E-state index is 11.5. The van der Waals surface area contributed by atoms with E-state index in [1.54, 1.807) is 32.0 Å². The van der Waals surface area contributed by atoms with Crippen molar-refractivity contribution in [3.05, 3.63) is 46.8 Å². The second-order valence-electron chi connectivity index (χ2n) is 6.83. The first-order chi connectivity index (χ1) is 12.2. The first-order valence-corrected chi connectivity index (χ1v) is 8.53. The molecule has 0 aliphatic rings. The molecule has 0 radical (unpaired) electrons. The summed E-state index contributed by atoms with van der Waals surface area (Å²) in [7, 11) is 1.52. The van der Waals surface area contributed by atoms with Crippen molar-refractivity contribution in [2.45, 2.75) is 44.8 Å². The average Bonchev–Trinajstić information content (AvgIpc) is 2.58. The molecule has 6 nitrogen and oxygen atoms in total. The van der Waals surface area contributed by atoms with Crippen LogP contribution in [0, 0.1) is 0 Å². The zero-order chi connectivity index (χ0) is 19.3. The van der Waals surface area contributed by atoms with E-state index in [2.05, 4.69) is 6.58 Å². The van der Waals surface area contributed by atoms with Crippen molar-refractivity contribution >= 4 is 11.0 Å². The molecule has 0 fully saturated rings. The highest BCUT2D eigenvalue weighted by molar-refractivity contribution is 5.85. The lowest BCUT2D eigenvalue weighted by molar-refractivity contribution is -0.0510. The van der Waals surface area contributed by atoms with Crippen molar-refractivity contribution in [2.24, 2.45) is 0 Å². The molecule has 0 saturated heterocycles. The third-order valence-corrected chi connectivity index (χ3v) is 4.22. The molecule has 1 aromatic carbocycles. The standard InChI is InChI=1S/C20H26O6/c1-13(5-9-16(21)20(2,3)23)11-12-25-19-15(24-4)8-6-14-7-10-17(22)26-18(14)19/h6-8,10,16,21,23H,1,5,9,11-12H2,2-4H3/t16-/m0/s1. The molecule has 0 spiro atoms. The Morgan fingerprint density at radius 1 is 1.27 bits per heavy atom. The summed E-state index contributed by atoms with van der Waals surface area (Å²) < 4.78 is 16.4. The van der Waals surface area contributed by atoms with Gasteiger partial charge in [0.05, 0.1) is 25.4 Å². The van der Waals surface area contributed by atoms with Crippen LogP contribution in [0.25, 0.3) is 11.0 Å². The minimum atomic E-state index is -1.13. The Bertz CT molecular complexity index is 815. The van der Waals surface area contributed by atoms with Crippen LogP contribution < -0.4 is 15.1 Å². The number of fused-ring (bicyclic) bond motifs is 1. The van der Waals surface area contributed by atoms with E-state index in [1.807, 2.05) is 0 Å². The van der Waals surface area contributed by atoms with Crippen molar-refractivity contribution in [3.63, 3.8) is 0 Å². The van der Waals surface area contributed by atoms with Crippen LogP contribution in [0.15, 0.2) is 45.6 Å². The van der Waals surface area contributed by atoms with E-state index in [9.17, 15) is 15.0 Å². The van der Waals surface area contributed by atoms with Crippen LogP contribution in [0.2, 0.25) is 0 Å². The molecule has 2 aromatic rings. The van der Waals surface area contributed by atoms with Gasteiger partial charge in [0.25, 0.3) is 0 Å². The highest BCUT2D eigenvalue weighted by atomic mass is 16.5. The fourth-order valence-corrected chi connectivity index (χ4v) is 2.50. The normalized spacial score (nSPS) is 12.8. The number of hydrogen-bond acceptors (Lipinski definition) is 6. The number of rotatable bonds is 9. The van der Waals surface area contributed by atoms with E-state index in [0.29, 0.717) is 43.0 Å². The molecule has 6 heteroatoms. The lowest BCUT2D eigenvalue weighted by Gasteiger charge is -2.24. The lowest BCUT2D eigenvalue weighted by Crippen LogP contribution is -2.35. The quantitative estimate of drug-likeness (QED) is 0.526. The minimum absolute atomic E-state index is 0.325. The lowest BCUT2D eigenvalue weighted by atomic mass is 9.95. The van der Waals surface area contributed by atoms with Crippen molar-refractivity contribution in [1.29, 1.82) is 0 Å². The Morgan fingerprint density at radius 3 is 2.62 bits per heavy atom. The van der Waals surface area contributed by atoms with Crippen molar-refractivity contribution in [1.82, 2.24) is 0 Å². The smallest absolute Gasteiger partial charge is 0.336 e. The van der Waals surface area contributed by atoms with Crippen LogP contribution in [0.1, 0.15) is 33.1 Å². The van der Waals surface area contributed by atoms with E-state index in [-0.39, 0.29) is 0 Å². The molecular weight excluding hydrogens is 336 g/mol. The van der Waals surface area contributed by atoms with Gasteiger partial charge in [-0.25, -0.2) is 4.79 Å². The van der Waals surface area contributed by atoms with Gasteiger partial charge < -0.3 is 24.1 Å². The van der Waals surface area contributed by atoms with Gasteiger partial charge in [-0.2, -0.15) is 0 Å². The number of hydrogen-bond donors (Lipinski definition) is 2. The average molecular weight is 362 g/mol. The number of aliphatic hydroxyl groups excluding tert-OH is 1.